The van der Waals surface area contributed by atoms with Crippen LogP contribution in [0.15, 0.2) is 63.8 Å². The topological polar surface area (TPSA) is 121 Å². The van der Waals surface area contributed by atoms with Crippen LogP contribution in [0.2, 0.25) is 5.02 Å². The molecular weight excluding hydrogens is 618 g/mol. The van der Waals surface area contributed by atoms with E-state index in [1.807, 2.05) is 26.8 Å². The van der Waals surface area contributed by atoms with Crippen molar-refractivity contribution >= 4 is 51.4 Å². The number of aromatic nitrogens is 5. The predicted octanol–water partition coefficient (Wildman–Crippen LogP) is 4.97. The Morgan fingerprint density at radius 1 is 1.16 bits per heavy atom. The van der Waals surface area contributed by atoms with E-state index in [1.54, 1.807) is 19.4 Å². The summed E-state index contributed by atoms with van der Waals surface area (Å²) in [6.45, 7) is 8.40. The average molecular weight is 654 g/mol. The van der Waals surface area contributed by atoms with Crippen LogP contribution in [0.5, 0.6) is 0 Å². The number of nitrogens with one attached hydrogen (secondary N) is 1. The Bertz CT molecular complexity index is 1710. The second-order valence-corrected chi connectivity index (χ2v) is 15.8. The lowest BCUT2D eigenvalue weighted by Crippen LogP contribution is -2.49. The van der Waals surface area contributed by atoms with Crippen LogP contribution in [-0.4, -0.2) is 60.8 Å². The molecule has 2 atom stereocenters. The van der Waals surface area contributed by atoms with Crippen LogP contribution in [0, 0.1) is 5.41 Å². The number of fused-ring (bicyclic) bond motifs is 2. The number of ether oxygens (including phenoxy) is 1. The molecule has 1 aliphatic carbocycles. The number of rotatable bonds is 8. The average Bonchev–Trinajstić information content (AvgIpc) is 3.30. The van der Waals surface area contributed by atoms with Crippen LogP contribution in [0.25, 0.3) is 10.9 Å². The summed E-state index contributed by atoms with van der Waals surface area (Å²) in [5.41, 5.74) is 2.90. The van der Waals surface area contributed by atoms with E-state index in [-0.39, 0.29) is 21.8 Å². The normalized spacial score (nSPS) is 18.6. The van der Waals surface area contributed by atoms with Gasteiger partial charge in [-0.2, -0.15) is 0 Å². The second kappa shape index (κ2) is 12.6. The largest absolute Gasteiger partial charge is 0.598 e. The second-order valence-electron chi connectivity index (χ2n) is 12.4. The summed E-state index contributed by atoms with van der Waals surface area (Å²) < 4.78 is 23.0. The van der Waals surface area contributed by atoms with E-state index in [0.717, 1.165) is 38.2 Å². The summed E-state index contributed by atoms with van der Waals surface area (Å²) >= 11 is 6.79. The van der Waals surface area contributed by atoms with Gasteiger partial charge in [0, 0.05) is 41.9 Å². The third-order valence-electron chi connectivity index (χ3n) is 8.55. The van der Waals surface area contributed by atoms with Gasteiger partial charge in [0.2, 0.25) is 5.16 Å². The Morgan fingerprint density at radius 2 is 1.93 bits per heavy atom. The quantitative estimate of drug-likeness (QED) is 0.261. The molecule has 6 rings (SSSR count). The van der Waals surface area contributed by atoms with E-state index in [2.05, 4.69) is 54.1 Å². The van der Waals surface area contributed by atoms with E-state index in [0.29, 0.717) is 39.1 Å². The molecule has 4 aromatic rings. The molecule has 44 heavy (non-hydrogen) atoms. The first-order chi connectivity index (χ1) is 21.1. The number of methoxy groups -OCH3 is 1. The van der Waals surface area contributed by atoms with Crippen LogP contribution in [0.4, 0.5) is 5.82 Å². The van der Waals surface area contributed by atoms with Crippen molar-refractivity contribution in [1.29, 1.82) is 0 Å². The molecule has 10 nitrogen and oxygen atoms in total. The van der Waals surface area contributed by atoms with E-state index >= 15 is 0 Å². The van der Waals surface area contributed by atoms with Crippen LogP contribution in [0.3, 0.4) is 0 Å². The number of hydrogen-bond acceptors (Lipinski definition) is 10. The molecule has 13 heteroatoms. The molecule has 1 N–H and O–H groups in total. The SMILES string of the molecule is COCCn1cnc2ccc(Sc3ncc(N4CCC5(CC4)Cc4ccccc4C5N[S+]([O-])C(C)(C)C)nn3)c(Cl)c2c1=O. The number of anilines is 1. The zero-order chi connectivity index (χ0) is 31.1. The van der Waals surface area contributed by atoms with Crippen molar-refractivity contribution in [2.24, 2.45) is 5.41 Å². The lowest BCUT2D eigenvalue weighted by Gasteiger charge is -2.44. The Labute approximate surface area is 269 Å². The lowest BCUT2D eigenvalue weighted by molar-refractivity contribution is 0.175. The third-order valence-corrected chi connectivity index (χ3v) is 11.5. The highest BCUT2D eigenvalue weighted by molar-refractivity contribution is 7.99. The first-order valence-electron chi connectivity index (χ1n) is 14.6. The van der Waals surface area contributed by atoms with E-state index in [4.69, 9.17) is 16.3 Å². The fourth-order valence-corrected chi connectivity index (χ4v) is 8.08. The smallest absolute Gasteiger partial charge is 0.262 e. The van der Waals surface area contributed by atoms with Gasteiger partial charge in [-0.1, -0.05) is 35.9 Å². The van der Waals surface area contributed by atoms with Crippen molar-refractivity contribution in [3.8, 4) is 0 Å². The van der Waals surface area contributed by atoms with Crippen LogP contribution < -0.4 is 15.2 Å². The monoisotopic (exact) mass is 653 g/mol. The van der Waals surface area contributed by atoms with Gasteiger partial charge in [0.05, 0.1) is 47.6 Å². The van der Waals surface area contributed by atoms with Crippen LogP contribution in [-0.2, 0) is 29.1 Å². The maximum Gasteiger partial charge on any atom is 0.262 e. The van der Waals surface area contributed by atoms with Gasteiger partial charge in [-0.3, -0.25) is 9.36 Å². The molecule has 0 amide bonds. The van der Waals surface area contributed by atoms with Gasteiger partial charge in [0.15, 0.2) is 5.82 Å². The lowest BCUT2D eigenvalue weighted by atomic mass is 9.73. The van der Waals surface area contributed by atoms with Gasteiger partial charge in [-0.25, -0.2) is 9.97 Å². The molecular formula is C31H36ClN7O3S2. The zero-order valence-electron chi connectivity index (χ0n) is 25.2. The number of piperidine rings is 1. The Hall–Kier alpha value is -2.74. The van der Waals surface area contributed by atoms with Gasteiger partial charge in [0.25, 0.3) is 5.56 Å². The Balaban J connectivity index is 1.16. The van der Waals surface area contributed by atoms with E-state index in [9.17, 15) is 9.35 Å². The van der Waals surface area contributed by atoms with Crippen LogP contribution in [0.1, 0.15) is 50.8 Å². The molecule has 2 aliphatic rings. The maximum absolute atomic E-state index is 13.2. The van der Waals surface area contributed by atoms with Crippen molar-refractivity contribution in [2.45, 2.75) is 67.4 Å². The summed E-state index contributed by atoms with van der Waals surface area (Å²) in [7, 11) is 1.59. The summed E-state index contributed by atoms with van der Waals surface area (Å²) in [5, 5.41) is 10.0. The molecule has 232 valence electrons. The number of nitrogens with zero attached hydrogens (tertiary/aromatic N) is 6. The summed E-state index contributed by atoms with van der Waals surface area (Å²) in [5.74, 6) is 0.720. The predicted molar refractivity (Wildman–Crippen MR) is 175 cm³/mol. The number of benzene rings is 2. The molecule has 0 bridgehead atoms. The zero-order valence-corrected chi connectivity index (χ0v) is 27.6. The number of halogens is 1. The first kappa shape index (κ1) is 31.3. The fraction of sp³-hybridized carbons (Fsp3) is 0.452. The summed E-state index contributed by atoms with van der Waals surface area (Å²) in [6, 6.07) is 12.2. The highest BCUT2D eigenvalue weighted by Gasteiger charge is 2.50. The first-order valence-corrected chi connectivity index (χ1v) is 17.0. The molecule has 1 fully saturated rings. The Kier molecular flexibility index (Phi) is 8.93. The van der Waals surface area contributed by atoms with Gasteiger partial charge in [0.1, 0.15) is 4.75 Å². The maximum atomic E-state index is 13.2. The standard InChI is InChI=1S/C31H36ClN7O3S2/c1-30(2,3)44(41)37-27-21-8-6-5-7-20(21)17-31(27)11-13-38(14-12-31)24-18-33-29(36-35-24)43-23-10-9-22-25(26(23)32)28(40)39(19-34-22)15-16-42-4/h5-10,18-19,27,37H,11-17H2,1-4H3. The van der Waals surface area contributed by atoms with Gasteiger partial charge in [-0.15, -0.1) is 14.9 Å². The minimum atomic E-state index is -1.18. The molecule has 2 unspecified atom stereocenters. The van der Waals surface area contributed by atoms with Crippen molar-refractivity contribution in [1.82, 2.24) is 29.5 Å². The minimum absolute atomic E-state index is 0.0123. The highest BCUT2D eigenvalue weighted by atomic mass is 35.5. The molecule has 3 heterocycles. The van der Waals surface area contributed by atoms with E-state index < -0.39 is 11.4 Å². The molecule has 0 radical (unpaired) electrons. The molecule has 1 saturated heterocycles. The fourth-order valence-electron chi connectivity index (χ4n) is 6.07. The van der Waals surface area contributed by atoms with Gasteiger partial charge in [-0.05, 0) is 75.1 Å². The van der Waals surface area contributed by atoms with Crippen LogP contribution >= 0.6 is 23.4 Å². The molecule has 2 aromatic carbocycles. The highest BCUT2D eigenvalue weighted by Crippen LogP contribution is 2.52. The van der Waals surface area contributed by atoms with Gasteiger partial charge < -0.3 is 14.2 Å². The molecule has 2 aromatic heterocycles. The van der Waals surface area contributed by atoms with Crippen molar-refractivity contribution in [3.63, 3.8) is 0 Å². The van der Waals surface area contributed by atoms with Crippen molar-refractivity contribution in [3.05, 3.63) is 75.4 Å². The third kappa shape index (κ3) is 6.08. The van der Waals surface area contributed by atoms with Crippen molar-refractivity contribution in [2.75, 3.05) is 31.7 Å². The van der Waals surface area contributed by atoms with Gasteiger partial charge >= 0.3 is 0 Å². The molecule has 1 aliphatic heterocycles. The molecule has 0 saturated carbocycles. The minimum Gasteiger partial charge on any atom is -0.598 e. The van der Waals surface area contributed by atoms with E-state index in [1.165, 1.54) is 33.8 Å². The number of hydrogen-bond donors (Lipinski definition) is 1. The Morgan fingerprint density at radius 3 is 2.64 bits per heavy atom. The summed E-state index contributed by atoms with van der Waals surface area (Å²) in [4.78, 5) is 24.9. The summed E-state index contributed by atoms with van der Waals surface area (Å²) in [6.07, 6.45) is 6.09. The van der Waals surface area contributed by atoms with Crippen molar-refractivity contribution < 1.29 is 9.29 Å². The molecule has 1 spiro atoms.